The van der Waals surface area contributed by atoms with E-state index in [2.05, 4.69) is 270 Å². The van der Waals surface area contributed by atoms with E-state index in [9.17, 15) is 0 Å². The summed E-state index contributed by atoms with van der Waals surface area (Å²) < 4.78 is 4.85. The maximum Gasteiger partial charge on any atom is 0.0541 e. The van der Waals surface area contributed by atoms with Gasteiger partial charge in [0.2, 0.25) is 0 Å². The molecule has 1 aliphatic carbocycles. The molecular formula is C68H46N2. The maximum absolute atomic E-state index is 2.46. The van der Waals surface area contributed by atoms with Gasteiger partial charge >= 0.3 is 0 Å². The first kappa shape index (κ1) is 40.1. The molecule has 0 fully saturated rings. The van der Waals surface area contributed by atoms with E-state index in [0.717, 1.165) is 17.8 Å². The van der Waals surface area contributed by atoms with Crippen molar-refractivity contribution in [2.75, 3.05) is 0 Å². The Morgan fingerprint density at radius 3 is 1.21 bits per heavy atom. The van der Waals surface area contributed by atoms with E-state index in [4.69, 9.17) is 0 Å². The van der Waals surface area contributed by atoms with Crippen molar-refractivity contribution >= 4 is 70.7 Å². The smallest absolute Gasteiger partial charge is 0.0541 e. The SMILES string of the molecule is C1=CC(c2ccccc2)CC=C1c1ccc2c(c1)c1cc(-c3ccc(-n4c5ccccc5c5ccccc54)cc3)ccc1n2-c1ccc(-c2c3ccccc3c(-c3ccccc3)c3ccccc23)cc1. The molecule has 1 unspecified atom stereocenters. The van der Waals surface area contributed by atoms with Crippen LogP contribution in [0.1, 0.15) is 23.5 Å². The fourth-order valence-corrected chi connectivity index (χ4v) is 11.6. The predicted octanol–water partition coefficient (Wildman–Crippen LogP) is 18.3. The Morgan fingerprint density at radius 2 is 0.700 bits per heavy atom. The molecule has 2 heterocycles. The monoisotopic (exact) mass is 890 g/mol. The number of para-hydroxylation sites is 2. The van der Waals surface area contributed by atoms with E-state index in [1.807, 2.05) is 0 Å². The molecule has 328 valence electrons. The van der Waals surface area contributed by atoms with Crippen LogP contribution in [-0.4, -0.2) is 9.13 Å². The molecule has 0 N–H and O–H groups in total. The summed E-state index contributed by atoms with van der Waals surface area (Å²) in [5.41, 5.74) is 18.3. The summed E-state index contributed by atoms with van der Waals surface area (Å²) in [5, 5.41) is 10.1. The number of nitrogens with zero attached hydrogens (tertiary/aromatic N) is 2. The number of hydrogen-bond donors (Lipinski definition) is 0. The van der Waals surface area contributed by atoms with Crippen LogP contribution in [0.4, 0.5) is 0 Å². The summed E-state index contributed by atoms with van der Waals surface area (Å²) in [6.07, 6.45) is 8.10. The molecular weight excluding hydrogens is 845 g/mol. The molecule has 0 aliphatic heterocycles. The molecule has 0 spiro atoms. The molecule has 0 radical (unpaired) electrons. The number of rotatable bonds is 7. The van der Waals surface area contributed by atoms with Crippen LogP contribution in [0, 0.1) is 0 Å². The lowest BCUT2D eigenvalue weighted by atomic mass is 9.86. The fraction of sp³-hybridized carbons (Fsp3) is 0.0294. The third kappa shape index (κ3) is 6.49. The second-order valence-corrected chi connectivity index (χ2v) is 18.7. The number of allylic oxidation sites excluding steroid dienone is 4. The van der Waals surface area contributed by atoms with Gasteiger partial charge in [-0.3, -0.25) is 0 Å². The highest BCUT2D eigenvalue weighted by Crippen LogP contribution is 2.45. The minimum absolute atomic E-state index is 0.389. The van der Waals surface area contributed by atoms with Crippen LogP contribution in [0.15, 0.2) is 261 Å². The van der Waals surface area contributed by atoms with E-state index in [1.165, 1.54) is 115 Å². The summed E-state index contributed by atoms with van der Waals surface area (Å²) in [5.74, 6) is 0.389. The van der Waals surface area contributed by atoms with Crippen molar-refractivity contribution in [3.05, 3.63) is 272 Å². The standard InChI is InChI=1S/C68H46N2/c1-3-15-45(16-4-1)46-27-29-47(30-28-46)51-35-41-65-61(43-51)62-44-52(48-31-37-53(38-32-48)69-63-25-13-11-19-55(63)56-20-12-14-26-64(56)69)36-42-66(62)70(65)54-39-33-50(34-40-54)68-59-23-9-7-21-57(59)67(49-17-5-2-6-18-49)58-22-8-10-24-60(58)68/h1-27,29-44,46H,28H2. The molecule has 1 aliphatic rings. The van der Waals surface area contributed by atoms with Crippen molar-refractivity contribution in [1.29, 1.82) is 0 Å². The van der Waals surface area contributed by atoms with Crippen molar-refractivity contribution in [1.82, 2.24) is 9.13 Å². The van der Waals surface area contributed by atoms with E-state index in [1.54, 1.807) is 0 Å². The van der Waals surface area contributed by atoms with Crippen LogP contribution < -0.4 is 0 Å². The van der Waals surface area contributed by atoms with Crippen molar-refractivity contribution in [3.63, 3.8) is 0 Å². The van der Waals surface area contributed by atoms with Crippen molar-refractivity contribution in [3.8, 4) is 44.8 Å². The average molecular weight is 891 g/mol. The van der Waals surface area contributed by atoms with Crippen LogP contribution >= 0.6 is 0 Å². The van der Waals surface area contributed by atoms with E-state index >= 15 is 0 Å². The van der Waals surface area contributed by atoms with Crippen LogP contribution in [0.3, 0.4) is 0 Å². The summed E-state index contributed by atoms with van der Waals surface area (Å²) in [7, 11) is 0. The zero-order valence-corrected chi connectivity index (χ0v) is 38.5. The zero-order chi connectivity index (χ0) is 46.1. The lowest BCUT2D eigenvalue weighted by molar-refractivity contribution is 0.857. The summed E-state index contributed by atoms with van der Waals surface area (Å²) in [6, 6.07) is 89.4. The summed E-state index contributed by atoms with van der Waals surface area (Å²) >= 11 is 0. The van der Waals surface area contributed by atoms with Gasteiger partial charge in [-0.15, -0.1) is 0 Å². The van der Waals surface area contributed by atoms with Gasteiger partial charge in [-0.25, -0.2) is 0 Å². The Bertz CT molecular complexity index is 4110. The minimum atomic E-state index is 0.389. The van der Waals surface area contributed by atoms with Crippen molar-refractivity contribution in [2.45, 2.75) is 12.3 Å². The van der Waals surface area contributed by atoms with Crippen LogP contribution in [0.2, 0.25) is 0 Å². The first-order valence-corrected chi connectivity index (χ1v) is 24.4. The van der Waals surface area contributed by atoms with Crippen LogP contribution in [-0.2, 0) is 0 Å². The molecule has 14 rings (SSSR count). The quantitative estimate of drug-likeness (QED) is 0.141. The molecule has 11 aromatic carbocycles. The molecule has 13 aromatic rings. The first-order valence-electron chi connectivity index (χ1n) is 24.4. The highest BCUT2D eigenvalue weighted by molar-refractivity contribution is 6.21. The van der Waals surface area contributed by atoms with Gasteiger partial charge in [-0.2, -0.15) is 0 Å². The number of benzene rings is 11. The molecule has 1 atom stereocenters. The highest BCUT2D eigenvalue weighted by atomic mass is 15.0. The minimum Gasteiger partial charge on any atom is -0.309 e. The largest absolute Gasteiger partial charge is 0.309 e. The molecule has 0 bridgehead atoms. The normalized spacial score (nSPS) is 13.8. The van der Waals surface area contributed by atoms with Gasteiger partial charge in [-0.1, -0.05) is 200 Å². The van der Waals surface area contributed by atoms with E-state index < -0.39 is 0 Å². The second kappa shape index (κ2) is 16.4. The van der Waals surface area contributed by atoms with E-state index in [-0.39, 0.29) is 0 Å². The topological polar surface area (TPSA) is 9.86 Å². The third-order valence-corrected chi connectivity index (χ3v) is 14.9. The Kier molecular flexibility index (Phi) is 9.38. The van der Waals surface area contributed by atoms with Crippen molar-refractivity contribution < 1.29 is 0 Å². The first-order chi connectivity index (χ1) is 34.7. The Labute approximate surface area is 407 Å². The summed E-state index contributed by atoms with van der Waals surface area (Å²) in [4.78, 5) is 0. The van der Waals surface area contributed by atoms with Gasteiger partial charge in [0.05, 0.1) is 22.1 Å². The van der Waals surface area contributed by atoms with Gasteiger partial charge in [0.1, 0.15) is 0 Å². The molecule has 0 saturated heterocycles. The molecule has 0 saturated carbocycles. The molecule has 2 heteroatoms. The lowest BCUT2D eigenvalue weighted by Gasteiger charge is -2.18. The molecule has 0 amide bonds. The zero-order valence-electron chi connectivity index (χ0n) is 38.5. The number of hydrogen-bond acceptors (Lipinski definition) is 0. The van der Waals surface area contributed by atoms with Crippen LogP contribution in [0.5, 0.6) is 0 Å². The van der Waals surface area contributed by atoms with Gasteiger partial charge in [-0.05, 0) is 139 Å². The van der Waals surface area contributed by atoms with Gasteiger partial charge < -0.3 is 9.13 Å². The molecule has 2 aromatic heterocycles. The van der Waals surface area contributed by atoms with Gasteiger partial charge in [0.15, 0.2) is 0 Å². The fourth-order valence-electron chi connectivity index (χ4n) is 11.6. The Morgan fingerprint density at radius 1 is 0.300 bits per heavy atom. The second-order valence-electron chi connectivity index (χ2n) is 18.7. The van der Waals surface area contributed by atoms with Gasteiger partial charge in [0.25, 0.3) is 0 Å². The average Bonchev–Trinajstić information content (AvgIpc) is 3.95. The number of fused-ring (bicyclic) bond motifs is 8. The predicted molar refractivity (Wildman–Crippen MR) is 297 cm³/mol. The highest BCUT2D eigenvalue weighted by Gasteiger charge is 2.20. The third-order valence-electron chi connectivity index (χ3n) is 14.9. The molecule has 2 nitrogen and oxygen atoms in total. The van der Waals surface area contributed by atoms with Crippen molar-refractivity contribution in [2.24, 2.45) is 0 Å². The molecule has 70 heavy (non-hydrogen) atoms. The Balaban J connectivity index is 0.896. The van der Waals surface area contributed by atoms with E-state index in [0.29, 0.717) is 5.92 Å². The lowest BCUT2D eigenvalue weighted by Crippen LogP contribution is -1.98. The summed E-state index contributed by atoms with van der Waals surface area (Å²) in [6.45, 7) is 0. The number of aromatic nitrogens is 2. The van der Waals surface area contributed by atoms with Crippen LogP contribution in [0.25, 0.3) is 115 Å². The maximum atomic E-state index is 2.46. The Hall–Kier alpha value is -8.98. The van der Waals surface area contributed by atoms with Gasteiger partial charge in [0, 0.05) is 38.8 Å².